The SMILES string of the molecule is O=C(NCCN1CCCCC1)C1CC(=O)N(c2ccccc2)C1. The molecule has 2 amide bonds. The Bertz CT molecular complexity index is 540. The zero-order valence-corrected chi connectivity index (χ0v) is 13.5. The number of nitrogens with one attached hydrogen (secondary N) is 1. The van der Waals surface area contributed by atoms with E-state index >= 15 is 0 Å². The third-order valence-electron chi connectivity index (χ3n) is 4.74. The average Bonchev–Trinajstić information content (AvgIpc) is 2.98. The Morgan fingerprint density at radius 1 is 1.13 bits per heavy atom. The molecule has 0 saturated carbocycles. The second-order valence-corrected chi connectivity index (χ2v) is 6.43. The molecule has 1 unspecified atom stereocenters. The maximum atomic E-state index is 12.3. The summed E-state index contributed by atoms with van der Waals surface area (Å²) in [6.07, 6.45) is 4.15. The van der Waals surface area contributed by atoms with Gasteiger partial charge in [-0.1, -0.05) is 24.6 Å². The molecular formula is C18H25N3O2. The lowest BCUT2D eigenvalue weighted by atomic mass is 10.1. The molecule has 2 aliphatic heterocycles. The van der Waals surface area contributed by atoms with Gasteiger partial charge in [0.05, 0.1) is 5.92 Å². The Morgan fingerprint density at radius 2 is 1.87 bits per heavy atom. The Kier molecular flexibility index (Phi) is 5.28. The van der Waals surface area contributed by atoms with Gasteiger partial charge in [-0.2, -0.15) is 0 Å². The second-order valence-electron chi connectivity index (χ2n) is 6.43. The van der Waals surface area contributed by atoms with Crippen LogP contribution in [0.1, 0.15) is 25.7 Å². The number of nitrogens with zero attached hydrogens (tertiary/aromatic N) is 2. The standard InChI is InChI=1S/C18H25N3O2/c22-17-13-15(14-21(17)16-7-3-1-4-8-16)18(23)19-9-12-20-10-5-2-6-11-20/h1,3-4,7-8,15H,2,5-6,9-14H2,(H,19,23). The van der Waals surface area contributed by atoms with Crippen LogP contribution >= 0.6 is 0 Å². The van der Waals surface area contributed by atoms with Crippen molar-refractivity contribution in [2.24, 2.45) is 5.92 Å². The van der Waals surface area contributed by atoms with E-state index in [9.17, 15) is 9.59 Å². The molecule has 0 aromatic heterocycles. The number of benzene rings is 1. The summed E-state index contributed by atoms with van der Waals surface area (Å²) in [5, 5.41) is 3.00. The smallest absolute Gasteiger partial charge is 0.227 e. The van der Waals surface area contributed by atoms with Gasteiger partial charge < -0.3 is 15.1 Å². The normalized spacial score (nSPS) is 22.3. The number of hydrogen-bond acceptors (Lipinski definition) is 3. The Hall–Kier alpha value is -1.88. The Balaban J connectivity index is 1.46. The molecule has 124 valence electrons. The molecule has 23 heavy (non-hydrogen) atoms. The fraction of sp³-hybridized carbons (Fsp3) is 0.556. The third kappa shape index (κ3) is 4.10. The summed E-state index contributed by atoms with van der Waals surface area (Å²) >= 11 is 0. The quantitative estimate of drug-likeness (QED) is 0.899. The lowest BCUT2D eigenvalue weighted by molar-refractivity contribution is -0.126. The zero-order chi connectivity index (χ0) is 16.1. The minimum absolute atomic E-state index is 0.00814. The van der Waals surface area contributed by atoms with E-state index in [4.69, 9.17) is 0 Å². The largest absolute Gasteiger partial charge is 0.355 e. The highest BCUT2D eigenvalue weighted by atomic mass is 16.2. The molecule has 0 bridgehead atoms. The van der Waals surface area contributed by atoms with Crippen molar-refractivity contribution in [1.82, 2.24) is 10.2 Å². The van der Waals surface area contributed by atoms with E-state index in [0.29, 0.717) is 19.5 Å². The van der Waals surface area contributed by atoms with Crippen LogP contribution in [0.3, 0.4) is 0 Å². The molecule has 2 fully saturated rings. The van der Waals surface area contributed by atoms with Gasteiger partial charge in [-0.3, -0.25) is 9.59 Å². The molecule has 1 aromatic rings. The van der Waals surface area contributed by atoms with Gasteiger partial charge in [0.15, 0.2) is 0 Å². The van der Waals surface area contributed by atoms with Crippen LogP contribution in [0.4, 0.5) is 5.69 Å². The van der Waals surface area contributed by atoms with Crippen molar-refractivity contribution in [3.05, 3.63) is 30.3 Å². The molecule has 2 aliphatic rings. The predicted octanol–water partition coefficient (Wildman–Crippen LogP) is 1.64. The molecule has 0 aliphatic carbocycles. The van der Waals surface area contributed by atoms with Crippen LogP contribution in [0.25, 0.3) is 0 Å². The molecule has 5 heteroatoms. The van der Waals surface area contributed by atoms with E-state index in [2.05, 4.69) is 10.2 Å². The summed E-state index contributed by atoms with van der Waals surface area (Å²) in [5.41, 5.74) is 0.876. The molecule has 0 radical (unpaired) electrons. The van der Waals surface area contributed by atoms with Crippen LogP contribution in [-0.4, -0.2) is 49.4 Å². The van der Waals surface area contributed by atoms with E-state index in [0.717, 1.165) is 25.3 Å². The zero-order valence-electron chi connectivity index (χ0n) is 13.5. The summed E-state index contributed by atoms with van der Waals surface area (Å²) in [4.78, 5) is 28.6. The lowest BCUT2D eigenvalue weighted by Gasteiger charge is -2.26. The van der Waals surface area contributed by atoms with Gasteiger partial charge in [-0.25, -0.2) is 0 Å². The van der Waals surface area contributed by atoms with Crippen molar-refractivity contribution in [2.75, 3.05) is 37.6 Å². The Labute approximate surface area is 137 Å². The van der Waals surface area contributed by atoms with Crippen molar-refractivity contribution in [2.45, 2.75) is 25.7 Å². The lowest BCUT2D eigenvalue weighted by Crippen LogP contribution is -2.40. The van der Waals surface area contributed by atoms with Gasteiger partial charge in [-0.15, -0.1) is 0 Å². The molecule has 0 spiro atoms. The van der Waals surface area contributed by atoms with Gasteiger partial charge in [0.25, 0.3) is 0 Å². The predicted molar refractivity (Wildman–Crippen MR) is 90.2 cm³/mol. The van der Waals surface area contributed by atoms with Crippen molar-refractivity contribution in [3.63, 3.8) is 0 Å². The first-order valence-electron chi connectivity index (χ1n) is 8.59. The maximum Gasteiger partial charge on any atom is 0.227 e. The van der Waals surface area contributed by atoms with Crippen LogP contribution < -0.4 is 10.2 Å². The van der Waals surface area contributed by atoms with E-state index in [1.807, 2.05) is 30.3 Å². The summed E-state index contributed by atoms with van der Waals surface area (Å²) in [5.74, 6) is -0.190. The number of amides is 2. The monoisotopic (exact) mass is 315 g/mol. The summed E-state index contributed by atoms with van der Waals surface area (Å²) in [7, 11) is 0. The van der Waals surface area contributed by atoms with E-state index in [1.165, 1.54) is 19.3 Å². The van der Waals surface area contributed by atoms with Gasteiger partial charge in [0.1, 0.15) is 0 Å². The average molecular weight is 315 g/mol. The highest BCUT2D eigenvalue weighted by Crippen LogP contribution is 2.24. The number of para-hydroxylation sites is 1. The van der Waals surface area contributed by atoms with Crippen LogP contribution in [0.5, 0.6) is 0 Å². The fourth-order valence-corrected chi connectivity index (χ4v) is 3.41. The fourth-order valence-electron chi connectivity index (χ4n) is 3.41. The molecule has 1 aromatic carbocycles. The summed E-state index contributed by atoms with van der Waals surface area (Å²) in [6.45, 7) is 4.35. The Morgan fingerprint density at radius 3 is 2.61 bits per heavy atom. The number of carbonyl (C=O) groups is 2. The topological polar surface area (TPSA) is 52.7 Å². The first kappa shape index (κ1) is 16.0. The van der Waals surface area contributed by atoms with Gasteiger partial charge >= 0.3 is 0 Å². The minimum Gasteiger partial charge on any atom is -0.355 e. The highest BCUT2D eigenvalue weighted by molar-refractivity contribution is 6.00. The number of rotatable bonds is 5. The van der Waals surface area contributed by atoms with E-state index in [-0.39, 0.29) is 17.7 Å². The maximum absolute atomic E-state index is 12.3. The number of anilines is 1. The second kappa shape index (κ2) is 7.59. The van der Waals surface area contributed by atoms with Gasteiger partial charge in [0.2, 0.25) is 11.8 Å². The minimum atomic E-state index is -0.232. The van der Waals surface area contributed by atoms with Crippen molar-refractivity contribution in [1.29, 1.82) is 0 Å². The summed E-state index contributed by atoms with van der Waals surface area (Å²) in [6, 6.07) is 9.57. The number of likely N-dealkylation sites (tertiary alicyclic amines) is 1. The number of hydrogen-bond donors (Lipinski definition) is 1. The number of carbonyl (C=O) groups excluding carboxylic acids is 2. The summed E-state index contributed by atoms with van der Waals surface area (Å²) < 4.78 is 0. The molecule has 2 saturated heterocycles. The molecular weight excluding hydrogens is 290 g/mol. The first-order chi connectivity index (χ1) is 11.2. The third-order valence-corrected chi connectivity index (χ3v) is 4.74. The number of piperidine rings is 1. The molecule has 1 atom stereocenters. The van der Waals surface area contributed by atoms with Crippen LogP contribution in [0, 0.1) is 5.92 Å². The molecule has 5 nitrogen and oxygen atoms in total. The van der Waals surface area contributed by atoms with Crippen molar-refractivity contribution in [3.8, 4) is 0 Å². The van der Waals surface area contributed by atoms with Gasteiger partial charge in [-0.05, 0) is 38.1 Å². The molecule has 1 N–H and O–H groups in total. The molecule has 2 heterocycles. The molecule has 3 rings (SSSR count). The van der Waals surface area contributed by atoms with E-state index in [1.54, 1.807) is 4.90 Å². The first-order valence-corrected chi connectivity index (χ1v) is 8.59. The van der Waals surface area contributed by atoms with E-state index < -0.39 is 0 Å². The van der Waals surface area contributed by atoms with Crippen molar-refractivity contribution >= 4 is 17.5 Å². The van der Waals surface area contributed by atoms with Crippen LogP contribution in [0.2, 0.25) is 0 Å². The highest BCUT2D eigenvalue weighted by Gasteiger charge is 2.34. The van der Waals surface area contributed by atoms with Crippen LogP contribution in [0.15, 0.2) is 30.3 Å². The van der Waals surface area contributed by atoms with Crippen molar-refractivity contribution < 1.29 is 9.59 Å². The van der Waals surface area contributed by atoms with Crippen LogP contribution in [-0.2, 0) is 9.59 Å². The van der Waals surface area contributed by atoms with Gasteiger partial charge in [0, 0.05) is 31.7 Å².